The fourth-order valence-electron chi connectivity index (χ4n) is 1.73. The quantitative estimate of drug-likeness (QED) is 0.349. The molecule has 1 aromatic carbocycles. The Kier molecular flexibility index (Phi) is 4.04. The van der Waals surface area contributed by atoms with Gasteiger partial charge in [0.25, 0.3) is 0 Å². The van der Waals surface area contributed by atoms with E-state index in [2.05, 4.69) is 5.16 Å². The molecule has 0 amide bonds. The number of oxime groups is 1. The summed E-state index contributed by atoms with van der Waals surface area (Å²) in [5.74, 6) is 1.36. The number of nitrogens with two attached hydrogens (primary N) is 1. The number of rotatable bonds is 6. The Morgan fingerprint density at radius 2 is 2.28 bits per heavy atom. The van der Waals surface area contributed by atoms with Crippen molar-refractivity contribution in [2.45, 2.75) is 19.4 Å². The zero-order chi connectivity index (χ0) is 13.0. The normalized spacial score (nSPS) is 15.7. The highest BCUT2D eigenvalue weighted by Gasteiger charge is 2.21. The Morgan fingerprint density at radius 1 is 1.50 bits per heavy atom. The molecule has 0 aromatic heterocycles. The van der Waals surface area contributed by atoms with E-state index >= 15 is 0 Å². The molecule has 0 saturated heterocycles. The summed E-state index contributed by atoms with van der Waals surface area (Å²) in [4.78, 5) is 0. The Morgan fingerprint density at radius 3 is 2.89 bits per heavy atom. The van der Waals surface area contributed by atoms with Crippen LogP contribution in [0.15, 0.2) is 23.4 Å². The Hall–Kier alpha value is -1.75. The molecule has 5 heteroatoms. The monoisotopic (exact) mass is 250 g/mol. The van der Waals surface area contributed by atoms with E-state index in [4.69, 9.17) is 20.4 Å². The van der Waals surface area contributed by atoms with Crippen LogP contribution in [0.5, 0.6) is 5.75 Å². The average Bonchev–Trinajstić information content (AvgIpc) is 3.22. The Balaban J connectivity index is 2.06. The van der Waals surface area contributed by atoms with Gasteiger partial charge in [-0.15, -0.1) is 0 Å². The first kappa shape index (κ1) is 12.7. The summed E-state index contributed by atoms with van der Waals surface area (Å²) < 4.78 is 10.8. The Labute approximate surface area is 106 Å². The van der Waals surface area contributed by atoms with E-state index in [-0.39, 0.29) is 5.84 Å². The van der Waals surface area contributed by atoms with Gasteiger partial charge in [-0.05, 0) is 36.5 Å². The summed E-state index contributed by atoms with van der Waals surface area (Å²) in [5.41, 5.74) is 7.17. The fourth-order valence-corrected chi connectivity index (χ4v) is 1.73. The summed E-state index contributed by atoms with van der Waals surface area (Å²) in [6, 6.07) is 5.53. The molecular formula is C13H18N2O3. The first-order valence-electron chi connectivity index (χ1n) is 5.97. The van der Waals surface area contributed by atoms with E-state index in [1.165, 1.54) is 12.8 Å². The predicted molar refractivity (Wildman–Crippen MR) is 67.9 cm³/mol. The highest BCUT2D eigenvalue weighted by molar-refractivity contribution is 5.99. The lowest BCUT2D eigenvalue weighted by Gasteiger charge is -2.10. The van der Waals surface area contributed by atoms with Crippen LogP contribution in [0.4, 0.5) is 0 Å². The minimum Gasteiger partial charge on any atom is -0.496 e. The fraction of sp³-hybridized carbons (Fsp3) is 0.462. The maximum absolute atomic E-state index is 8.73. The molecule has 1 aliphatic rings. The van der Waals surface area contributed by atoms with Crippen molar-refractivity contribution in [2.24, 2.45) is 16.8 Å². The summed E-state index contributed by atoms with van der Waals surface area (Å²) in [6.45, 7) is 1.34. The van der Waals surface area contributed by atoms with Crippen LogP contribution in [0.1, 0.15) is 24.0 Å². The highest BCUT2D eigenvalue weighted by Crippen LogP contribution is 2.29. The number of hydrogen-bond acceptors (Lipinski definition) is 4. The minimum atomic E-state index is 0.0379. The van der Waals surface area contributed by atoms with Crippen LogP contribution in [-0.4, -0.2) is 24.8 Å². The number of hydrogen-bond donors (Lipinski definition) is 2. The lowest BCUT2D eigenvalue weighted by molar-refractivity contribution is 0.111. The number of ether oxygens (including phenoxy) is 2. The SMILES string of the molecule is COc1ccc(COCC2CC2)cc1C(N)=NO. The molecule has 1 saturated carbocycles. The summed E-state index contributed by atoms with van der Waals surface area (Å²) in [7, 11) is 1.55. The number of amidine groups is 1. The van der Waals surface area contributed by atoms with Gasteiger partial charge < -0.3 is 20.4 Å². The molecule has 0 unspecified atom stereocenters. The molecule has 3 N–H and O–H groups in total. The van der Waals surface area contributed by atoms with Crippen molar-refractivity contribution in [1.29, 1.82) is 0 Å². The number of benzene rings is 1. The second-order valence-corrected chi connectivity index (χ2v) is 4.48. The molecule has 0 aliphatic heterocycles. The third-order valence-corrected chi connectivity index (χ3v) is 2.97. The van der Waals surface area contributed by atoms with Gasteiger partial charge in [-0.25, -0.2) is 0 Å². The summed E-state index contributed by atoms with van der Waals surface area (Å²) in [6.07, 6.45) is 2.55. The second kappa shape index (κ2) is 5.73. The lowest BCUT2D eigenvalue weighted by atomic mass is 10.1. The average molecular weight is 250 g/mol. The smallest absolute Gasteiger partial charge is 0.173 e. The van der Waals surface area contributed by atoms with E-state index in [0.717, 1.165) is 18.1 Å². The molecule has 0 bridgehead atoms. The van der Waals surface area contributed by atoms with Crippen LogP contribution in [-0.2, 0) is 11.3 Å². The number of methoxy groups -OCH3 is 1. The topological polar surface area (TPSA) is 77.1 Å². The lowest BCUT2D eigenvalue weighted by Crippen LogP contribution is -2.15. The van der Waals surface area contributed by atoms with Crippen molar-refractivity contribution in [2.75, 3.05) is 13.7 Å². The van der Waals surface area contributed by atoms with Crippen molar-refractivity contribution < 1.29 is 14.7 Å². The van der Waals surface area contributed by atoms with Gasteiger partial charge in [-0.2, -0.15) is 0 Å². The van der Waals surface area contributed by atoms with Gasteiger partial charge in [0.15, 0.2) is 5.84 Å². The van der Waals surface area contributed by atoms with Gasteiger partial charge in [-0.1, -0.05) is 11.2 Å². The summed E-state index contributed by atoms with van der Waals surface area (Å²) >= 11 is 0. The standard InChI is InChI=1S/C13H18N2O3/c1-17-12-5-4-10(6-11(12)13(14)15-16)8-18-7-9-2-3-9/h4-6,9,16H,2-3,7-8H2,1H3,(H2,14,15). The molecular weight excluding hydrogens is 232 g/mol. The van der Waals surface area contributed by atoms with Gasteiger partial charge in [0.05, 0.1) is 19.3 Å². The molecule has 18 heavy (non-hydrogen) atoms. The third kappa shape index (κ3) is 3.13. The van der Waals surface area contributed by atoms with Crippen molar-refractivity contribution in [1.82, 2.24) is 0 Å². The third-order valence-electron chi connectivity index (χ3n) is 2.97. The molecule has 0 heterocycles. The van der Waals surface area contributed by atoms with E-state index < -0.39 is 0 Å². The van der Waals surface area contributed by atoms with Crippen molar-refractivity contribution in [3.8, 4) is 5.75 Å². The van der Waals surface area contributed by atoms with Gasteiger partial charge >= 0.3 is 0 Å². The predicted octanol–water partition coefficient (Wildman–Crippen LogP) is 1.72. The highest BCUT2D eigenvalue weighted by atomic mass is 16.5. The zero-order valence-corrected chi connectivity index (χ0v) is 10.4. The molecule has 2 rings (SSSR count). The van der Waals surface area contributed by atoms with Crippen molar-refractivity contribution in [3.05, 3.63) is 29.3 Å². The van der Waals surface area contributed by atoms with Gasteiger partial charge in [0, 0.05) is 6.61 Å². The molecule has 1 fully saturated rings. The first-order valence-corrected chi connectivity index (χ1v) is 5.97. The van der Waals surface area contributed by atoms with E-state index in [9.17, 15) is 0 Å². The molecule has 1 aliphatic carbocycles. The van der Waals surface area contributed by atoms with E-state index in [1.807, 2.05) is 12.1 Å². The van der Waals surface area contributed by atoms with E-state index in [1.54, 1.807) is 13.2 Å². The first-order chi connectivity index (χ1) is 8.74. The molecule has 5 nitrogen and oxygen atoms in total. The van der Waals surface area contributed by atoms with Gasteiger partial charge in [0.1, 0.15) is 5.75 Å². The van der Waals surface area contributed by atoms with Gasteiger partial charge in [0.2, 0.25) is 0 Å². The molecule has 0 radical (unpaired) electrons. The van der Waals surface area contributed by atoms with Crippen molar-refractivity contribution in [3.63, 3.8) is 0 Å². The van der Waals surface area contributed by atoms with Crippen LogP contribution in [0, 0.1) is 5.92 Å². The second-order valence-electron chi connectivity index (χ2n) is 4.48. The van der Waals surface area contributed by atoms with Gasteiger partial charge in [-0.3, -0.25) is 0 Å². The minimum absolute atomic E-state index is 0.0379. The van der Waals surface area contributed by atoms with Crippen LogP contribution >= 0.6 is 0 Å². The van der Waals surface area contributed by atoms with Crippen LogP contribution in [0.2, 0.25) is 0 Å². The molecule has 98 valence electrons. The van der Waals surface area contributed by atoms with Crippen LogP contribution in [0.25, 0.3) is 0 Å². The van der Waals surface area contributed by atoms with Crippen molar-refractivity contribution >= 4 is 5.84 Å². The number of nitrogens with zero attached hydrogens (tertiary/aromatic N) is 1. The largest absolute Gasteiger partial charge is 0.496 e. The molecule has 0 atom stereocenters. The maximum atomic E-state index is 8.73. The Bertz CT molecular complexity index is 442. The maximum Gasteiger partial charge on any atom is 0.173 e. The summed E-state index contributed by atoms with van der Waals surface area (Å²) in [5, 5.41) is 11.7. The zero-order valence-electron chi connectivity index (χ0n) is 10.4. The van der Waals surface area contributed by atoms with Crippen LogP contribution in [0.3, 0.4) is 0 Å². The van der Waals surface area contributed by atoms with E-state index in [0.29, 0.717) is 17.9 Å². The van der Waals surface area contributed by atoms with Crippen LogP contribution < -0.4 is 10.5 Å². The molecule has 0 spiro atoms. The molecule has 1 aromatic rings.